The maximum absolute atomic E-state index is 13.9. The molecule has 0 saturated carbocycles. The number of benzene rings is 2. The molecule has 2 aromatic rings. The van der Waals surface area contributed by atoms with Crippen molar-refractivity contribution >= 4 is 27.3 Å². The van der Waals surface area contributed by atoms with E-state index in [0.29, 0.717) is 11.4 Å². The predicted molar refractivity (Wildman–Crippen MR) is 76.4 cm³/mol. The number of nitro groups is 1. The van der Waals surface area contributed by atoms with E-state index in [1.165, 1.54) is 13.0 Å². The molecule has 0 heterocycles. The average Bonchev–Trinajstić information content (AvgIpc) is 2.38. The smallest absolute Gasteiger partial charge is 0.276 e. The molecule has 0 unspecified atom stereocenters. The third kappa shape index (κ3) is 2.72. The molecule has 0 spiro atoms. The number of nitro benzene ring substituents is 1. The van der Waals surface area contributed by atoms with Crippen molar-refractivity contribution < 1.29 is 14.1 Å². The lowest BCUT2D eigenvalue weighted by atomic mass is 10.2. The zero-order chi connectivity index (χ0) is 14.9. The van der Waals surface area contributed by atoms with Crippen molar-refractivity contribution in [3.63, 3.8) is 0 Å². The van der Waals surface area contributed by atoms with Gasteiger partial charge in [0.1, 0.15) is 5.75 Å². The van der Waals surface area contributed by atoms with Gasteiger partial charge in [0.2, 0.25) is 0 Å². The van der Waals surface area contributed by atoms with E-state index in [2.05, 4.69) is 15.9 Å². The van der Waals surface area contributed by atoms with Crippen LogP contribution >= 0.6 is 15.9 Å². The lowest BCUT2D eigenvalue weighted by molar-refractivity contribution is -0.385. The van der Waals surface area contributed by atoms with Crippen LogP contribution in [0.3, 0.4) is 0 Å². The maximum atomic E-state index is 13.9. The van der Waals surface area contributed by atoms with Crippen molar-refractivity contribution in [2.75, 3.05) is 5.73 Å². The van der Waals surface area contributed by atoms with Gasteiger partial charge < -0.3 is 10.5 Å². The Morgan fingerprint density at radius 1 is 1.40 bits per heavy atom. The Morgan fingerprint density at radius 2 is 2.10 bits per heavy atom. The van der Waals surface area contributed by atoms with Gasteiger partial charge in [-0.1, -0.05) is 6.07 Å². The number of nitrogen functional groups attached to an aromatic ring is 1. The van der Waals surface area contributed by atoms with E-state index < -0.39 is 10.7 Å². The van der Waals surface area contributed by atoms with Gasteiger partial charge in [0.05, 0.1) is 15.5 Å². The monoisotopic (exact) mass is 340 g/mol. The normalized spacial score (nSPS) is 10.3. The van der Waals surface area contributed by atoms with E-state index in [1.807, 2.05) is 0 Å². The molecule has 0 bridgehead atoms. The van der Waals surface area contributed by atoms with E-state index >= 15 is 0 Å². The van der Waals surface area contributed by atoms with E-state index in [0.717, 1.165) is 6.07 Å². The van der Waals surface area contributed by atoms with Crippen molar-refractivity contribution in [3.8, 4) is 11.5 Å². The van der Waals surface area contributed by atoms with Gasteiger partial charge in [0.15, 0.2) is 11.6 Å². The number of hydrogen-bond acceptors (Lipinski definition) is 4. The Kier molecular flexibility index (Phi) is 3.89. The SMILES string of the molecule is Cc1c([N+](=O)[O-])cc(F)c(Oc2cccc(N)c2)c1Br. The molecular formula is C13H10BrFN2O3. The zero-order valence-electron chi connectivity index (χ0n) is 10.4. The third-order valence-corrected chi connectivity index (χ3v) is 3.62. The topological polar surface area (TPSA) is 78.4 Å². The summed E-state index contributed by atoms with van der Waals surface area (Å²) in [5.41, 5.74) is 6.05. The average molecular weight is 341 g/mol. The molecule has 5 nitrogen and oxygen atoms in total. The maximum Gasteiger partial charge on any atom is 0.276 e. The number of halogens is 2. The van der Waals surface area contributed by atoms with Gasteiger partial charge in [-0.2, -0.15) is 0 Å². The summed E-state index contributed by atoms with van der Waals surface area (Å²) < 4.78 is 19.6. The molecule has 0 radical (unpaired) electrons. The van der Waals surface area contributed by atoms with Crippen LogP contribution in [0.2, 0.25) is 0 Å². The summed E-state index contributed by atoms with van der Waals surface area (Å²) in [5.74, 6) is -0.590. The van der Waals surface area contributed by atoms with Gasteiger partial charge in [-0.05, 0) is 35.0 Å². The fraction of sp³-hybridized carbons (Fsp3) is 0.0769. The molecule has 104 valence electrons. The van der Waals surface area contributed by atoms with E-state index in [9.17, 15) is 14.5 Å². The molecule has 0 aliphatic rings. The van der Waals surface area contributed by atoms with Crippen molar-refractivity contribution in [1.29, 1.82) is 0 Å². The molecule has 0 fully saturated rings. The van der Waals surface area contributed by atoms with Crippen LogP contribution in [0.25, 0.3) is 0 Å². The van der Waals surface area contributed by atoms with E-state index in [4.69, 9.17) is 10.5 Å². The quantitative estimate of drug-likeness (QED) is 0.516. The van der Waals surface area contributed by atoms with Crippen LogP contribution < -0.4 is 10.5 Å². The second-order valence-electron chi connectivity index (χ2n) is 4.08. The van der Waals surface area contributed by atoms with Crippen molar-refractivity contribution in [1.82, 2.24) is 0 Å². The highest BCUT2D eigenvalue weighted by Gasteiger charge is 2.22. The number of rotatable bonds is 3. The molecular weight excluding hydrogens is 331 g/mol. The molecule has 7 heteroatoms. The summed E-state index contributed by atoms with van der Waals surface area (Å²) in [4.78, 5) is 10.2. The summed E-state index contributed by atoms with van der Waals surface area (Å²) in [5, 5.41) is 10.8. The number of nitrogens with two attached hydrogens (primary N) is 1. The molecule has 0 aliphatic heterocycles. The summed E-state index contributed by atoms with van der Waals surface area (Å²) in [7, 11) is 0. The van der Waals surface area contributed by atoms with Gasteiger partial charge in [0, 0.05) is 17.3 Å². The van der Waals surface area contributed by atoms with E-state index in [1.54, 1.807) is 18.2 Å². The summed E-state index contributed by atoms with van der Waals surface area (Å²) in [6.07, 6.45) is 0. The van der Waals surface area contributed by atoms with Crippen LogP contribution in [0.4, 0.5) is 15.8 Å². The van der Waals surface area contributed by atoms with Crippen LogP contribution in [0.15, 0.2) is 34.8 Å². The Hall–Kier alpha value is -2.15. The van der Waals surface area contributed by atoms with Crippen LogP contribution in [0.5, 0.6) is 11.5 Å². The van der Waals surface area contributed by atoms with Crippen molar-refractivity contribution in [3.05, 3.63) is 56.3 Å². The van der Waals surface area contributed by atoms with Gasteiger partial charge in [0.25, 0.3) is 5.69 Å². The fourth-order valence-electron chi connectivity index (χ4n) is 1.66. The number of anilines is 1. The Labute approximate surface area is 122 Å². The lowest BCUT2D eigenvalue weighted by Gasteiger charge is -2.11. The Morgan fingerprint density at radius 3 is 2.70 bits per heavy atom. The van der Waals surface area contributed by atoms with Crippen LogP contribution in [-0.4, -0.2) is 4.92 Å². The first kappa shape index (κ1) is 14.3. The summed E-state index contributed by atoms with van der Waals surface area (Å²) in [6, 6.07) is 7.30. The lowest BCUT2D eigenvalue weighted by Crippen LogP contribution is -1.98. The molecule has 2 rings (SSSR count). The summed E-state index contributed by atoms with van der Waals surface area (Å²) in [6.45, 7) is 1.51. The zero-order valence-corrected chi connectivity index (χ0v) is 12.0. The minimum absolute atomic E-state index is 0.112. The molecule has 0 saturated heterocycles. The minimum atomic E-state index is -0.823. The predicted octanol–water partition coefficient (Wildman–Crippen LogP) is 4.18. The van der Waals surface area contributed by atoms with Gasteiger partial charge in [-0.15, -0.1) is 0 Å². The van der Waals surface area contributed by atoms with E-state index in [-0.39, 0.29) is 21.5 Å². The number of ether oxygens (including phenoxy) is 1. The molecule has 20 heavy (non-hydrogen) atoms. The van der Waals surface area contributed by atoms with Crippen LogP contribution in [0.1, 0.15) is 5.56 Å². The molecule has 2 N–H and O–H groups in total. The van der Waals surface area contributed by atoms with Gasteiger partial charge >= 0.3 is 0 Å². The largest absolute Gasteiger partial charge is 0.453 e. The third-order valence-electron chi connectivity index (χ3n) is 2.67. The highest BCUT2D eigenvalue weighted by atomic mass is 79.9. The summed E-state index contributed by atoms with van der Waals surface area (Å²) >= 11 is 3.13. The number of nitrogens with zero attached hydrogens (tertiary/aromatic N) is 1. The molecule has 0 aromatic heterocycles. The first-order valence-corrected chi connectivity index (χ1v) is 6.36. The van der Waals surface area contributed by atoms with Crippen molar-refractivity contribution in [2.45, 2.75) is 6.92 Å². The Balaban J connectivity index is 2.48. The molecule has 2 aromatic carbocycles. The highest BCUT2D eigenvalue weighted by molar-refractivity contribution is 9.10. The van der Waals surface area contributed by atoms with Gasteiger partial charge in [-0.25, -0.2) is 4.39 Å². The minimum Gasteiger partial charge on any atom is -0.453 e. The fourth-order valence-corrected chi connectivity index (χ4v) is 2.13. The standard InChI is InChI=1S/C13H10BrFN2O3/c1-7-11(17(18)19)6-10(15)13(12(7)14)20-9-4-2-3-8(16)5-9/h2-6H,16H2,1H3. The Bertz CT molecular complexity index is 692. The van der Waals surface area contributed by atoms with Gasteiger partial charge in [-0.3, -0.25) is 10.1 Å². The van der Waals surface area contributed by atoms with Crippen molar-refractivity contribution in [2.24, 2.45) is 0 Å². The highest BCUT2D eigenvalue weighted by Crippen LogP contribution is 2.39. The molecule has 0 aliphatic carbocycles. The number of hydrogen-bond donors (Lipinski definition) is 1. The first-order chi connectivity index (χ1) is 9.40. The van der Waals surface area contributed by atoms with Crippen LogP contribution in [-0.2, 0) is 0 Å². The molecule has 0 amide bonds. The molecule has 0 atom stereocenters. The van der Waals surface area contributed by atoms with Crippen LogP contribution in [0, 0.1) is 22.9 Å². The second-order valence-corrected chi connectivity index (χ2v) is 4.87. The first-order valence-electron chi connectivity index (χ1n) is 5.56. The second kappa shape index (κ2) is 5.46.